The van der Waals surface area contributed by atoms with E-state index in [1.54, 1.807) is 27.7 Å². The molecule has 0 radical (unpaired) electrons. The van der Waals surface area contributed by atoms with Gasteiger partial charge in [-0.05, 0) is 45.4 Å². The highest BCUT2D eigenvalue weighted by Crippen LogP contribution is 2.51. The van der Waals surface area contributed by atoms with Gasteiger partial charge in [0.15, 0.2) is 0 Å². The van der Waals surface area contributed by atoms with Crippen LogP contribution >= 0.6 is 23.5 Å². The molecule has 0 aliphatic carbocycles. The first-order chi connectivity index (χ1) is 18.0. The van der Waals surface area contributed by atoms with Crippen molar-refractivity contribution in [3.05, 3.63) is 29.8 Å². The van der Waals surface area contributed by atoms with Crippen molar-refractivity contribution in [3.63, 3.8) is 0 Å². The number of fused-ring (bicyclic) bond motifs is 1. The topological polar surface area (TPSA) is 211 Å². The summed E-state index contributed by atoms with van der Waals surface area (Å²) in [5, 5.41) is 35.5. The van der Waals surface area contributed by atoms with Crippen molar-refractivity contribution in [2.45, 2.75) is 78.1 Å². The minimum atomic E-state index is -1.33. The van der Waals surface area contributed by atoms with Crippen LogP contribution in [0.5, 0.6) is 5.75 Å². The molecule has 1 aromatic carbocycles. The van der Waals surface area contributed by atoms with Crippen LogP contribution in [0, 0.1) is 0 Å². The number of benzene rings is 1. The van der Waals surface area contributed by atoms with Gasteiger partial charge in [-0.15, -0.1) is 23.5 Å². The Kier molecular flexibility index (Phi) is 7.57. The number of nitrogens with zero attached hydrogens (tertiary/aromatic N) is 1. The molecule has 2 unspecified atom stereocenters. The number of carbonyl (C=O) groups is 5. The third-order valence-electron chi connectivity index (χ3n) is 7.09. The molecule has 8 N–H and O–H groups in total. The Morgan fingerprint density at radius 1 is 1.00 bits per heavy atom. The van der Waals surface area contributed by atoms with Gasteiger partial charge in [-0.3, -0.25) is 24.5 Å². The Balaban J connectivity index is 1.55. The first-order valence-electron chi connectivity index (χ1n) is 12.1. The summed E-state index contributed by atoms with van der Waals surface area (Å²) in [6.45, 7) is 6.81. The number of rotatable bonds is 8. The summed E-state index contributed by atoms with van der Waals surface area (Å²) < 4.78 is -1.64. The van der Waals surface area contributed by atoms with Crippen molar-refractivity contribution in [2.75, 3.05) is 0 Å². The summed E-state index contributed by atoms with van der Waals surface area (Å²) in [5.41, 5.74) is 6.47. The highest BCUT2D eigenvalue weighted by Gasteiger charge is 2.64. The lowest BCUT2D eigenvalue weighted by Crippen LogP contribution is -2.72. The number of phenols is 1. The van der Waals surface area contributed by atoms with Gasteiger partial charge < -0.3 is 36.6 Å². The summed E-state index contributed by atoms with van der Waals surface area (Å²) in [6.07, 6.45) is 0. The number of nitrogens with one attached hydrogen (secondary N) is 3. The molecule has 3 aliphatic heterocycles. The smallest absolute Gasteiger partial charge is 0.327 e. The van der Waals surface area contributed by atoms with E-state index in [0.717, 1.165) is 11.8 Å². The molecule has 7 atom stereocenters. The Bertz CT molecular complexity index is 1210. The van der Waals surface area contributed by atoms with Gasteiger partial charge in [-0.1, -0.05) is 12.1 Å². The van der Waals surface area contributed by atoms with E-state index >= 15 is 0 Å². The third-order valence-corrected chi connectivity index (χ3v) is 10.2. The Labute approximate surface area is 232 Å². The number of carboxylic acids is 2. The summed E-state index contributed by atoms with van der Waals surface area (Å²) in [4.78, 5) is 64.5. The van der Waals surface area contributed by atoms with Crippen LogP contribution in [-0.4, -0.2) is 94.3 Å². The van der Waals surface area contributed by atoms with Crippen LogP contribution in [0.3, 0.4) is 0 Å². The maximum absolute atomic E-state index is 13.6. The highest BCUT2D eigenvalue weighted by atomic mass is 32.2. The molecule has 3 fully saturated rings. The number of aliphatic carboxylic acids is 2. The summed E-state index contributed by atoms with van der Waals surface area (Å²) in [7, 11) is 0. The number of amides is 3. The average Bonchev–Trinajstić information content (AvgIpc) is 3.30. The van der Waals surface area contributed by atoms with Crippen molar-refractivity contribution in [1.29, 1.82) is 0 Å². The van der Waals surface area contributed by atoms with Gasteiger partial charge in [-0.2, -0.15) is 0 Å². The molecule has 0 saturated carbocycles. The van der Waals surface area contributed by atoms with Crippen LogP contribution in [0.25, 0.3) is 0 Å². The molecule has 1 aromatic rings. The normalized spacial score (nSPS) is 30.0. The lowest BCUT2D eigenvalue weighted by Gasteiger charge is -2.44. The largest absolute Gasteiger partial charge is 0.508 e. The van der Waals surface area contributed by atoms with E-state index in [0.29, 0.717) is 5.56 Å². The van der Waals surface area contributed by atoms with E-state index in [-0.39, 0.29) is 5.75 Å². The number of phenolic OH excluding ortho intramolecular Hbond substituents is 1. The van der Waals surface area contributed by atoms with Crippen molar-refractivity contribution >= 4 is 53.2 Å². The maximum Gasteiger partial charge on any atom is 0.327 e. The Hall–Kier alpha value is -3.01. The van der Waals surface area contributed by atoms with Crippen molar-refractivity contribution < 1.29 is 39.3 Å². The number of nitrogens with two attached hydrogens (primary N) is 1. The minimum Gasteiger partial charge on any atom is -0.508 e. The van der Waals surface area contributed by atoms with Crippen LogP contribution in [0.1, 0.15) is 39.3 Å². The van der Waals surface area contributed by atoms with Crippen LogP contribution < -0.4 is 21.7 Å². The fraction of sp³-hybridized carbons (Fsp3) is 0.542. The van der Waals surface area contributed by atoms with Crippen LogP contribution in [0.2, 0.25) is 0 Å². The van der Waals surface area contributed by atoms with Crippen molar-refractivity contribution in [1.82, 2.24) is 20.9 Å². The Morgan fingerprint density at radius 2 is 1.62 bits per heavy atom. The molecule has 39 heavy (non-hydrogen) atoms. The lowest BCUT2D eigenvalue weighted by atomic mass is 9.96. The van der Waals surface area contributed by atoms with E-state index in [4.69, 9.17) is 5.73 Å². The van der Waals surface area contributed by atoms with E-state index in [9.17, 15) is 39.3 Å². The minimum absolute atomic E-state index is 0.0191. The standard InChI is InChI=1S/C24H31N5O8S2/c1-23(2)14(21(34)35)28-18(38-23)12(26-16(31)11(25)9-5-7-10(30)8-6-9)17(32)27-13-19(33)29-15(22(36)37)24(3,4)39-20(13)29/h5-8,11-15,18,20,28,30H,25H2,1-4H3,(H,26,31)(H,27,32)(H,34,35)(H,36,37)/t11-,12?,13-,14+,15+,18?,20-/m1/s1. The zero-order chi connectivity index (χ0) is 29.0. The molecule has 0 aromatic heterocycles. The first kappa shape index (κ1) is 29.0. The predicted octanol–water partition coefficient (Wildman–Crippen LogP) is -0.597. The van der Waals surface area contributed by atoms with Crippen LogP contribution in [-0.2, 0) is 24.0 Å². The van der Waals surface area contributed by atoms with Crippen LogP contribution in [0.4, 0.5) is 0 Å². The van der Waals surface area contributed by atoms with E-state index < -0.39 is 80.1 Å². The molecule has 0 bridgehead atoms. The molecule has 0 spiro atoms. The molecule has 212 valence electrons. The van der Waals surface area contributed by atoms with Gasteiger partial charge in [0.25, 0.3) is 0 Å². The second kappa shape index (κ2) is 10.2. The van der Waals surface area contributed by atoms with Gasteiger partial charge in [0, 0.05) is 9.49 Å². The fourth-order valence-electron chi connectivity index (χ4n) is 5.07. The second-order valence-corrected chi connectivity index (χ2v) is 14.3. The van der Waals surface area contributed by atoms with Gasteiger partial charge >= 0.3 is 11.9 Å². The zero-order valence-electron chi connectivity index (χ0n) is 21.6. The molecule has 15 heteroatoms. The molecular weight excluding hydrogens is 550 g/mol. The highest BCUT2D eigenvalue weighted by molar-refractivity contribution is 8.02. The molecule has 3 amide bonds. The monoisotopic (exact) mass is 581 g/mol. The molecule has 4 rings (SSSR count). The quantitative estimate of drug-likeness (QED) is 0.192. The number of carboxylic acid groups (broad SMARTS) is 2. The average molecular weight is 582 g/mol. The van der Waals surface area contributed by atoms with E-state index in [1.807, 2.05) is 0 Å². The van der Waals surface area contributed by atoms with Gasteiger partial charge in [-0.25, -0.2) is 4.79 Å². The zero-order valence-corrected chi connectivity index (χ0v) is 23.2. The van der Waals surface area contributed by atoms with Crippen molar-refractivity contribution in [3.8, 4) is 5.75 Å². The molecule has 3 saturated heterocycles. The van der Waals surface area contributed by atoms with Crippen molar-refractivity contribution in [2.24, 2.45) is 5.73 Å². The fourth-order valence-corrected chi connectivity index (χ4v) is 8.19. The predicted molar refractivity (Wildman–Crippen MR) is 143 cm³/mol. The summed E-state index contributed by atoms with van der Waals surface area (Å²) in [5.74, 6) is -4.33. The SMILES string of the molecule is CC1(C)S[C@@H]2[C@H](NC(=O)C(NC(=O)[C@H](N)c3ccc(O)cc3)C3N[C@@H](C(=O)O)C(C)(C)S3)C(=O)N2[C@H]1C(=O)O. The number of hydrogen-bond donors (Lipinski definition) is 7. The number of aromatic hydroxyl groups is 1. The number of carbonyl (C=O) groups excluding carboxylic acids is 3. The van der Waals surface area contributed by atoms with E-state index in [2.05, 4.69) is 16.0 Å². The maximum atomic E-state index is 13.6. The molecule has 3 heterocycles. The molecule has 13 nitrogen and oxygen atoms in total. The molecule has 3 aliphatic rings. The van der Waals surface area contributed by atoms with Gasteiger partial charge in [0.05, 0.1) is 5.37 Å². The second-order valence-electron chi connectivity index (χ2n) is 10.7. The number of hydrogen-bond acceptors (Lipinski definition) is 10. The number of β-lactam (4-membered cyclic amide) rings is 1. The summed E-state index contributed by atoms with van der Waals surface area (Å²) >= 11 is 2.41. The first-order valence-corrected chi connectivity index (χ1v) is 13.9. The Morgan fingerprint density at radius 3 is 2.15 bits per heavy atom. The van der Waals surface area contributed by atoms with Gasteiger partial charge in [0.1, 0.15) is 41.3 Å². The third kappa shape index (κ3) is 5.27. The van der Waals surface area contributed by atoms with E-state index in [1.165, 1.54) is 40.9 Å². The van der Waals surface area contributed by atoms with Crippen LogP contribution in [0.15, 0.2) is 24.3 Å². The number of thioether (sulfide) groups is 2. The van der Waals surface area contributed by atoms with Gasteiger partial charge in [0.2, 0.25) is 17.7 Å². The summed E-state index contributed by atoms with van der Waals surface area (Å²) in [6, 6.07) is -0.0123. The lowest BCUT2D eigenvalue weighted by molar-refractivity contribution is -0.161. The molecular formula is C24H31N5O8S2.